The molecule has 2 N–H and O–H groups in total. The maximum absolute atomic E-state index is 12.8. The average Bonchev–Trinajstić information content (AvgIpc) is 2.04. The van der Waals surface area contributed by atoms with Crippen molar-refractivity contribution in [2.45, 2.75) is 12.6 Å². The quantitative estimate of drug-likeness (QED) is 0.838. The van der Waals surface area contributed by atoms with Crippen molar-refractivity contribution in [3.63, 3.8) is 0 Å². The molecule has 0 heterocycles. The Morgan fingerprint density at radius 2 is 2.15 bits per heavy atom. The topological polar surface area (TPSA) is 26.0 Å². The third-order valence-corrected chi connectivity index (χ3v) is 1.84. The van der Waals surface area contributed by atoms with Crippen LogP contribution in [0.5, 0.6) is 0 Å². The van der Waals surface area contributed by atoms with Gasteiger partial charge < -0.3 is 5.73 Å². The second kappa shape index (κ2) is 6.19. The van der Waals surface area contributed by atoms with Crippen molar-refractivity contribution < 1.29 is 4.39 Å². The zero-order chi connectivity index (χ0) is 8.97. The van der Waals surface area contributed by atoms with Gasteiger partial charge in [0.2, 0.25) is 0 Å². The first-order valence-electron chi connectivity index (χ1n) is 3.81. The van der Waals surface area contributed by atoms with Gasteiger partial charge in [-0.3, -0.25) is 0 Å². The number of rotatable bonds is 3. The second-order valence-electron chi connectivity index (χ2n) is 2.67. The van der Waals surface area contributed by atoms with Gasteiger partial charge in [-0.15, -0.1) is 12.4 Å². The molecule has 4 heteroatoms. The molecule has 1 aromatic carbocycles. The van der Waals surface area contributed by atoms with Crippen molar-refractivity contribution in [2.24, 2.45) is 5.73 Å². The molecule has 0 fully saturated rings. The van der Waals surface area contributed by atoms with E-state index in [-0.39, 0.29) is 19.0 Å². The minimum Gasteiger partial charge on any atom is -0.328 e. The molecule has 0 aliphatic rings. The Labute approximate surface area is 88.5 Å². The minimum absolute atomic E-state index is 0. The van der Waals surface area contributed by atoms with Gasteiger partial charge in [-0.05, 0) is 17.7 Å². The molecule has 0 aliphatic heterocycles. The summed E-state index contributed by atoms with van der Waals surface area (Å²) < 4.78 is 12.8. The normalized spacial score (nSPS) is 11.9. The zero-order valence-electron chi connectivity index (χ0n) is 7.04. The van der Waals surface area contributed by atoms with Gasteiger partial charge in [0.05, 0.1) is 0 Å². The molecule has 1 atom stereocenters. The summed E-state index contributed by atoms with van der Waals surface area (Å²) >= 11 is 5.72. The van der Waals surface area contributed by atoms with Crippen LogP contribution in [0.3, 0.4) is 0 Å². The smallest absolute Gasteiger partial charge is 0.116 e. The summed E-state index contributed by atoms with van der Waals surface area (Å²) in [6, 6.07) is 7.17. The number of hydrogen-bond acceptors (Lipinski definition) is 1. The average molecular weight is 224 g/mol. The first-order chi connectivity index (χ1) is 5.72. The number of halogens is 3. The van der Waals surface area contributed by atoms with Crippen LogP contribution in [-0.4, -0.2) is 12.7 Å². The second-order valence-corrected chi connectivity index (χ2v) is 3.10. The molecule has 0 aromatic heterocycles. The van der Waals surface area contributed by atoms with Gasteiger partial charge in [0, 0.05) is 18.0 Å². The van der Waals surface area contributed by atoms with E-state index in [0.717, 1.165) is 5.56 Å². The largest absolute Gasteiger partial charge is 0.328 e. The molecular formula is C9H12Cl2FN. The van der Waals surface area contributed by atoms with Gasteiger partial charge in [0.1, 0.15) is 6.17 Å². The van der Waals surface area contributed by atoms with Gasteiger partial charge in [0.25, 0.3) is 0 Å². The van der Waals surface area contributed by atoms with Crippen LogP contribution in [0.25, 0.3) is 0 Å². The molecular weight excluding hydrogens is 212 g/mol. The van der Waals surface area contributed by atoms with Crippen LogP contribution in [0.1, 0.15) is 5.56 Å². The molecule has 0 radical (unpaired) electrons. The predicted octanol–water partition coefficient (Wildman–Crippen LogP) is 2.60. The monoisotopic (exact) mass is 223 g/mol. The first-order valence-corrected chi connectivity index (χ1v) is 4.18. The lowest BCUT2D eigenvalue weighted by atomic mass is 10.1. The van der Waals surface area contributed by atoms with Crippen molar-refractivity contribution in [1.29, 1.82) is 0 Å². The molecule has 1 nitrogen and oxygen atoms in total. The fourth-order valence-corrected chi connectivity index (χ4v) is 1.22. The number of alkyl halides is 1. The summed E-state index contributed by atoms with van der Waals surface area (Å²) in [5, 5.41) is 0.636. The van der Waals surface area contributed by atoms with Crippen LogP contribution < -0.4 is 5.73 Å². The Bertz CT molecular complexity index is 255. The summed E-state index contributed by atoms with van der Waals surface area (Å²) in [6.45, 7) is 0.0620. The molecule has 0 spiro atoms. The molecule has 74 valence electrons. The molecule has 1 unspecified atom stereocenters. The Balaban J connectivity index is 0.00000144. The molecule has 13 heavy (non-hydrogen) atoms. The van der Waals surface area contributed by atoms with Crippen molar-refractivity contribution in [3.05, 3.63) is 34.9 Å². The van der Waals surface area contributed by atoms with E-state index in [1.54, 1.807) is 18.2 Å². The Morgan fingerprint density at radius 1 is 1.46 bits per heavy atom. The Kier molecular flexibility index (Phi) is 6.04. The zero-order valence-corrected chi connectivity index (χ0v) is 8.61. The van der Waals surface area contributed by atoms with Gasteiger partial charge in [-0.1, -0.05) is 23.7 Å². The van der Waals surface area contributed by atoms with Crippen molar-refractivity contribution in [1.82, 2.24) is 0 Å². The summed E-state index contributed by atoms with van der Waals surface area (Å²) in [7, 11) is 0. The molecule has 0 aliphatic carbocycles. The first kappa shape index (κ1) is 12.7. The Morgan fingerprint density at radius 3 is 2.69 bits per heavy atom. The van der Waals surface area contributed by atoms with Crippen LogP contribution in [0.15, 0.2) is 24.3 Å². The molecule has 0 saturated heterocycles. The van der Waals surface area contributed by atoms with E-state index in [0.29, 0.717) is 11.4 Å². The number of nitrogens with two attached hydrogens (primary N) is 1. The maximum atomic E-state index is 12.8. The van der Waals surface area contributed by atoms with E-state index in [4.69, 9.17) is 17.3 Å². The Hall–Kier alpha value is -0.310. The van der Waals surface area contributed by atoms with Crippen LogP contribution in [0.2, 0.25) is 5.02 Å². The highest BCUT2D eigenvalue weighted by atomic mass is 35.5. The summed E-state index contributed by atoms with van der Waals surface area (Å²) in [5.74, 6) is 0. The minimum atomic E-state index is -0.969. The van der Waals surface area contributed by atoms with E-state index in [2.05, 4.69) is 0 Å². The standard InChI is InChI=1S/C9H11ClFN.ClH/c10-8-3-1-2-7(4-8)5-9(11)6-12;/h1-4,9H,5-6,12H2;1H. The SMILES string of the molecule is Cl.NCC(F)Cc1cccc(Cl)c1. The van der Waals surface area contributed by atoms with Gasteiger partial charge >= 0.3 is 0 Å². The van der Waals surface area contributed by atoms with E-state index in [9.17, 15) is 4.39 Å². The van der Waals surface area contributed by atoms with Crippen LogP contribution in [0.4, 0.5) is 4.39 Å². The molecule has 0 bridgehead atoms. The van der Waals surface area contributed by atoms with E-state index in [1.165, 1.54) is 0 Å². The molecule has 1 aromatic rings. The van der Waals surface area contributed by atoms with E-state index >= 15 is 0 Å². The fourth-order valence-electron chi connectivity index (χ4n) is 1.00. The van der Waals surface area contributed by atoms with E-state index < -0.39 is 6.17 Å². The highest BCUT2D eigenvalue weighted by Gasteiger charge is 2.04. The third kappa shape index (κ3) is 4.46. The lowest BCUT2D eigenvalue weighted by Gasteiger charge is -2.04. The van der Waals surface area contributed by atoms with Crippen molar-refractivity contribution in [3.8, 4) is 0 Å². The third-order valence-electron chi connectivity index (χ3n) is 1.60. The van der Waals surface area contributed by atoms with Crippen LogP contribution in [0, 0.1) is 0 Å². The summed E-state index contributed by atoms with van der Waals surface area (Å²) in [6.07, 6.45) is -0.625. The summed E-state index contributed by atoms with van der Waals surface area (Å²) in [5.41, 5.74) is 6.04. The lowest BCUT2D eigenvalue weighted by molar-refractivity contribution is 0.340. The maximum Gasteiger partial charge on any atom is 0.116 e. The number of benzene rings is 1. The van der Waals surface area contributed by atoms with Crippen LogP contribution in [-0.2, 0) is 6.42 Å². The summed E-state index contributed by atoms with van der Waals surface area (Å²) in [4.78, 5) is 0. The van der Waals surface area contributed by atoms with Crippen LogP contribution >= 0.6 is 24.0 Å². The fraction of sp³-hybridized carbons (Fsp3) is 0.333. The van der Waals surface area contributed by atoms with E-state index in [1.807, 2.05) is 6.07 Å². The molecule has 1 rings (SSSR count). The highest BCUT2D eigenvalue weighted by Crippen LogP contribution is 2.12. The molecule has 0 saturated carbocycles. The number of hydrogen-bond donors (Lipinski definition) is 1. The van der Waals surface area contributed by atoms with Crippen molar-refractivity contribution >= 4 is 24.0 Å². The van der Waals surface area contributed by atoms with Crippen molar-refractivity contribution in [2.75, 3.05) is 6.54 Å². The van der Waals surface area contributed by atoms with Gasteiger partial charge in [-0.2, -0.15) is 0 Å². The lowest BCUT2D eigenvalue weighted by Crippen LogP contribution is -2.17. The highest BCUT2D eigenvalue weighted by molar-refractivity contribution is 6.30. The molecule has 0 amide bonds. The van der Waals surface area contributed by atoms with Gasteiger partial charge in [-0.25, -0.2) is 4.39 Å². The predicted molar refractivity (Wildman–Crippen MR) is 56.4 cm³/mol. The van der Waals surface area contributed by atoms with Gasteiger partial charge in [0.15, 0.2) is 0 Å².